The Morgan fingerprint density at radius 3 is 2.92 bits per heavy atom. The average Bonchev–Trinajstić information content (AvgIpc) is 2.42. The van der Waals surface area contributed by atoms with Crippen LogP contribution < -0.4 is 0 Å². The van der Waals surface area contributed by atoms with Crippen molar-refractivity contribution in [2.24, 2.45) is 0 Å². The predicted molar refractivity (Wildman–Crippen MR) is 54.0 cm³/mol. The fraction of sp³-hybridized carbons (Fsp3) is 0.100. The van der Waals surface area contributed by atoms with E-state index in [9.17, 15) is 4.79 Å². The van der Waals surface area contributed by atoms with Gasteiger partial charge in [-0.25, -0.2) is 0 Å². The normalized spacial score (nSPS) is 10.6. The second-order valence-corrected chi connectivity index (χ2v) is 3.77. The number of hydrogen-bond donors (Lipinski definition) is 0. The maximum Gasteiger partial charge on any atom is 0.185 e. The van der Waals surface area contributed by atoms with Gasteiger partial charge in [0.1, 0.15) is 5.58 Å². The molecule has 0 aliphatic carbocycles. The molecule has 0 unspecified atom stereocenters. The van der Waals surface area contributed by atoms with Gasteiger partial charge in [-0.15, -0.1) is 0 Å². The van der Waals surface area contributed by atoms with E-state index in [-0.39, 0.29) is 0 Å². The van der Waals surface area contributed by atoms with Gasteiger partial charge in [0.2, 0.25) is 0 Å². The van der Waals surface area contributed by atoms with Gasteiger partial charge in [0, 0.05) is 15.4 Å². The minimum Gasteiger partial charge on any atom is -0.453 e. The van der Waals surface area contributed by atoms with E-state index in [2.05, 4.69) is 15.9 Å². The zero-order valence-corrected chi connectivity index (χ0v) is 8.59. The van der Waals surface area contributed by atoms with Crippen LogP contribution in [0.25, 0.3) is 11.0 Å². The Bertz CT molecular complexity index is 471. The Kier molecular flexibility index (Phi) is 1.96. The minimum absolute atomic E-state index is 0.410. The smallest absolute Gasteiger partial charge is 0.185 e. The highest BCUT2D eigenvalue weighted by Gasteiger charge is 2.08. The molecule has 1 heterocycles. The van der Waals surface area contributed by atoms with Crippen LogP contribution in [0.5, 0.6) is 0 Å². The van der Waals surface area contributed by atoms with E-state index >= 15 is 0 Å². The summed E-state index contributed by atoms with van der Waals surface area (Å²) in [6.45, 7) is 1.88. The zero-order valence-electron chi connectivity index (χ0n) is 7.00. The summed E-state index contributed by atoms with van der Waals surface area (Å²) in [5.41, 5.74) is 1.64. The number of furan rings is 1. The number of benzene rings is 1. The number of aldehydes is 1. The van der Waals surface area contributed by atoms with Crippen molar-refractivity contribution in [3.05, 3.63) is 34.0 Å². The van der Waals surface area contributed by atoms with E-state index in [4.69, 9.17) is 4.42 Å². The number of halogens is 1. The molecule has 13 heavy (non-hydrogen) atoms. The number of fused-ring (bicyclic) bond motifs is 1. The van der Waals surface area contributed by atoms with Gasteiger partial charge in [0.15, 0.2) is 12.0 Å². The highest BCUT2D eigenvalue weighted by molar-refractivity contribution is 9.10. The summed E-state index contributed by atoms with van der Waals surface area (Å²) < 4.78 is 6.28. The number of hydrogen-bond acceptors (Lipinski definition) is 2. The Morgan fingerprint density at radius 1 is 1.46 bits per heavy atom. The Morgan fingerprint density at radius 2 is 2.23 bits per heavy atom. The lowest BCUT2D eigenvalue weighted by Gasteiger charge is -1.89. The lowest BCUT2D eigenvalue weighted by molar-refractivity contribution is 0.110. The van der Waals surface area contributed by atoms with E-state index in [0.29, 0.717) is 5.76 Å². The molecule has 2 rings (SSSR count). The molecular weight excluding hydrogens is 232 g/mol. The first-order valence-corrected chi connectivity index (χ1v) is 4.65. The molecule has 1 aromatic carbocycles. The molecule has 0 saturated heterocycles. The van der Waals surface area contributed by atoms with Crippen molar-refractivity contribution in [1.82, 2.24) is 0 Å². The highest BCUT2D eigenvalue weighted by Crippen LogP contribution is 2.26. The SMILES string of the molecule is Cc1c(C=O)oc2cc(Br)ccc12. The lowest BCUT2D eigenvalue weighted by Crippen LogP contribution is -1.76. The van der Waals surface area contributed by atoms with Gasteiger partial charge in [-0.3, -0.25) is 4.79 Å². The van der Waals surface area contributed by atoms with Crippen LogP contribution in [0.4, 0.5) is 0 Å². The van der Waals surface area contributed by atoms with E-state index in [1.165, 1.54) is 0 Å². The zero-order chi connectivity index (χ0) is 9.42. The summed E-state index contributed by atoms with van der Waals surface area (Å²) in [6, 6.07) is 5.72. The quantitative estimate of drug-likeness (QED) is 0.714. The van der Waals surface area contributed by atoms with Crippen molar-refractivity contribution in [1.29, 1.82) is 0 Å². The fourth-order valence-corrected chi connectivity index (χ4v) is 1.67. The van der Waals surface area contributed by atoms with Gasteiger partial charge < -0.3 is 4.42 Å². The van der Waals surface area contributed by atoms with Crippen LogP contribution >= 0.6 is 15.9 Å². The van der Waals surface area contributed by atoms with Gasteiger partial charge in [-0.05, 0) is 25.1 Å². The molecule has 0 amide bonds. The Labute approximate surface area is 83.7 Å². The molecule has 0 spiro atoms. The molecule has 0 saturated carbocycles. The third kappa shape index (κ3) is 1.29. The van der Waals surface area contributed by atoms with Crippen molar-refractivity contribution < 1.29 is 9.21 Å². The van der Waals surface area contributed by atoms with Crippen molar-refractivity contribution in [3.8, 4) is 0 Å². The molecule has 3 heteroatoms. The first kappa shape index (κ1) is 8.51. The average molecular weight is 239 g/mol. The maximum absolute atomic E-state index is 10.6. The van der Waals surface area contributed by atoms with Crippen molar-refractivity contribution >= 4 is 33.2 Å². The van der Waals surface area contributed by atoms with Crippen molar-refractivity contribution in [2.75, 3.05) is 0 Å². The standard InChI is InChI=1S/C10H7BrO2/c1-6-8-3-2-7(11)4-9(8)13-10(6)5-12/h2-5H,1H3. The number of carbonyl (C=O) groups is 1. The first-order valence-electron chi connectivity index (χ1n) is 3.86. The van der Waals surface area contributed by atoms with E-state index in [1.54, 1.807) is 0 Å². The molecule has 0 N–H and O–H groups in total. The molecule has 0 aliphatic heterocycles. The fourth-order valence-electron chi connectivity index (χ4n) is 1.33. The van der Waals surface area contributed by atoms with Crippen LogP contribution in [0.2, 0.25) is 0 Å². The number of carbonyl (C=O) groups excluding carboxylic acids is 1. The first-order chi connectivity index (χ1) is 6.22. The Balaban J connectivity index is 2.83. The van der Waals surface area contributed by atoms with Crippen molar-refractivity contribution in [3.63, 3.8) is 0 Å². The molecule has 0 radical (unpaired) electrons. The Hall–Kier alpha value is -1.09. The molecule has 1 aromatic heterocycles. The van der Waals surface area contributed by atoms with Crippen LogP contribution in [0, 0.1) is 6.92 Å². The molecule has 0 aliphatic rings. The predicted octanol–water partition coefficient (Wildman–Crippen LogP) is 3.32. The van der Waals surface area contributed by atoms with Gasteiger partial charge in [0.25, 0.3) is 0 Å². The third-order valence-corrected chi connectivity index (χ3v) is 2.54. The molecular formula is C10H7BrO2. The largest absolute Gasteiger partial charge is 0.453 e. The summed E-state index contributed by atoms with van der Waals surface area (Å²) in [6.07, 6.45) is 0.739. The molecule has 2 aromatic rings. The van der Waals surface area contributed by atoms with E-state index in [0.717, 1.165) is 27.3 Å². The number of rotatable bonds is 1. The van der Waals surface area contributed by atoms with Crippen LogP contribution in [0.1, 0.15) is 16.1 Å². The highest BCUT2D eigenvalue weighted by atomic mass is 79.9. The van der Waals surface area contributed by atoms with Gasteiger partial charge >= 0.3 is 0 Å². The molecule has 0 fully saturated rings. The summed E-state index contributed by atoms with van der Waals surface area (Å²) in [5, 5.41) is 0.991. The summed E-state index contributed by atoms with van der Waals surface area (Å²) in [5.74, 6) is 0.410. The van der Waals surface area contributed by atoms with Gasteiger partial charge in [-0.1, -0.05) is 15.9 Å². The van der Waals surface area contributed by atoms with Crippen LogP contribution in [-0.4, -0.2) is 6.29 Å². The van der Waals surface area contributed by atoms with Crippen LogP contribution in [0.15, 0.2) is 27.1 Å². The maximum atomic E-state index is 10.6. The summed E-state index contributed by atoms with van der Waals surface area (Å²) >= 11 is 3.34. The molecule has 2 nitrogen and oxygen atoms in total. The number of aryl methyl sites for hydroxylation is 1. The second kappa shape index (κ2) is 3.00. The van der Waals surface area contributed by atoms with Gasteiger partial charge in [-0.2, -0.15) is 0 Å². The van der Waals surface area contributed by atoms with Crippen molar-refractivity contribution in [2.45, 2.75) is 6.92 Å². The van der Waals surface area contributed by atoms with Crippen LogP contribution in [-0.2, 0) is 0 Å². The topological polar surface area (TPSA) is 30.2 Å². The van der Waals surface area contributed by atoms with Crippen LogP contribution in [0.3, 0.4) is 0 Å². The van der Waals surface area contributed by atoms with E-state index in [1.807, 2.05) is 25.1 Å². The van der Waals surface area contributed by atoms with Gasteiger partial charge in [0.05, 0.1) is 0 Å². The van der Waals surface area contributed by atoms with E-state index < -0.39 is 0 Å². The second-order valence-electron chi connectivity index (χ2n) is 2.85. The molecule has 0 atom stereocenters. The summed E-state index contributed by atoms with van der Waals surface area (Å²) in [4.78, 5) is 10.6. The minimum atomic E-state index is 0.410. The lowest BCUT2D eigenvalue weighted by atomic mass is 10.1. The molecule has 0 bridgehead atoms. The monoisotopic (exact) mass is 238 g/mol. The summed E-state index contributed by atoms with van der Waals surface area (Å²) in [7, 11) is 0. The third-order valence-electron chi connectivity index (χ3n) is 2.04. The molecule has 66 valence electrons.